The van der Waals surface area contributed by atoms with Gasteiger partial charge in [0, 0.05) is 42.3 Å². The topological polar surface area (TPSA) is 149 Å². The number of anilines is 2. The fraction of sp³-hybridized carbons (Fsp3) is 0.440. The lowest BCUT2D eigenvalue weighted by atomic mass is 9.97. The van der Waals surface area contributed by atoms with Crippen molar-refractivity contribution in [2.75, 3.05) is 54.7 Å². The highest BCUT2D eigenvalue weighted by Gasteiger charge is 2.40. The van der Waals surface area contributed by atoms with Crippen molar-refractivity contribution in [1.82, 2.24) is 5.01 Å². The van der Waals surface area contributed by atoms with E-state index in [-0.39, 0.29) is 35.6 Å². The van der Waals surface area contributed by atoms with Crippen molar-refractivity contribution >= 4 is 33.0 Å². The number of phenolic OH excluding ortho intramolecular Hbond substituents is 2. The summed E-state index contributed by atoms with van der Waals surface area (Å²) in [5, 5.41) is 27.1. The summed E-state index contributed by atoms with van der Waals surface area (Å²) in [7, 11) is -3.36. The van der Waals surface area contributed by atoms with Gasteiger partial charge in [0.15, 0.2) is 6.17 Å². The maximum atomic E-state index is 12.5. The molecule has 0 bridgehead atoms. The van der Waals surface area contributed by atoms with Crippen molar-refractivity contribution in [3.63, 3.8) is 0 Å². The van der Waals surface area contributed by atoms with E-state index >= 15 is 0 Å². The average Bonchev–Trinajstić information content (AvgIpc) is 3.22. The number of hydrazone groups is 1. The molecule has 1 amide bonds. The van der Waals surface area contributed by atoms with Crippen LogP contribution in [0.4, 0.5) is 11.4 Å². The first-order valence-corrected chi connectivity index (χ1v) is 14.1. The molecule has 12 heteroatoms. The maximum Gasteiger partial charge on any atom is 0.286 e. The summed E-state index contributed by atoms with van der Waals surface area (Å²) in [5.74, 6) is -1.45. The lowest BCUT2D eigenvalue weighted by Gasteiger charge is -2.33. The van der Waals surface area contributed by atoms with Crippen LogP contribution >= 0.6 is 0 Å². The SMILES string of the molecule is CC(C)c1cc(C2N(CCS(C)(=O)=O)N=C(C(N)=O)N2c2ccc(N3CCOCC3)cc2)c(O)cc1O. The van der Waals surface area contributed by atoms with Gasteiger partial charge >= 0.3 is 0 Å². The third-order valence-electron chi connectivity index (χ3n) is 6.47. The fourth-order valence-corrected chi connectivity index (χ4v) is 5.08. The maximum absolute atomic E-state index is 12.5. The molecule has 1 fully saturated rings. The Morgan fingerprint density at radius 2 is 1.73 bits per heavy atom. The zero-order chi connectivity index (χ0) is 26.9. The van der Waals surface area contributed by atoms with Crippen LogP contribution in [0.15, 0.2) is 41.5 Å². The van der Waals surface area contributed by atoms with E-state index in [0.29, 0.717) is 30.0 Å². The summed E-state index contributed by atoms with van der Waals surface area (Å²) in [6, 6.07) is 10.4. The Morgan fingerprint density at radius 1 is 1.11 bits per heavy atom. The molecule has 0 aromatic heterocycles. The van der Waals surface area contributed by atoms with Crippen molar-refractivity contribution in [2.45, 2.75) is 25.9 Å². The van der Waals surface area contributed by atoms with Gasteiger partial charge in [-0.1, -0.05) is 13.8 Å². The minimum atomic E-state index is -3.36. The van der Waals surface area contributed by atoms with Gasteiger partial charge in [-0.2, -0.15) is 5.10 Å². The Kier molecular flexibility index (Phi) is 7.51. The Bertz CT molecular complexity index is 1290. The first-order valence-electron chi connectivity index (χ1n) is 12.1. The number of benzene rings is 2. The van der Waals surface area contributed by atoms with Gasteiger partial charge in [0.2, 0.25) is 5.84 Å². The molecule has 2 aliphatic heterocycles. The predicted molar refractivity (Wildman–Crippen MR) is 142 cm³/mol. The fourth-order valence-electron chi connectivity index (χ4n) is 4.56. The number of nitrogens with two attached hydrogens (primary N) is 1. The van der Waals surface area contributed by atoms with Crippen LogP contribution in [0.5, 0.6) is 11.5 Å². The van der Waals surface area contributed by atoms with Gasteiger partial charge < -0.3 is 25.6 Å². The van der Waals surface area contributed by atoms with Gasteiger partial charge in [-0.25, -0.2) is 8.42 Å². The number of amides is 1. The highest BCUT2D eigenvalue weighted by atomic mass is 32.2. The number of aromatic hydroxyl groups is 2. The Hall–Kier alpha value is -3.51. The number of amidine groups is 1. The van der Waals surface area contributed by atoms with Crippen LogP contribution in [0.3, 0.4) is 0 Å². The summed E-state index contributed by atoms with van der Waals surface area (Å²) in [6.45, 7) is 6.57. The second kappa shape index (κ2) is 10.5. The minimum absolute atomic E-state index is 0.0417. The molecule has 11 nitrogen and oxygen atoms in total. The molecule has 1 unspecified atom stereocenters. The number of morpholine rings is 1. The molecule has 2 heterocycles. The minimum Gasteiger partial charge on any atom is -0.508 e. The molecule has 0 saturated carbocycles. The molecular weight excluding hydrogens is 498 g/mol. The summed E-state index contributed by atoms with van der Waals surface area (Å²) in [6.07, 6.45) is 0.241. The third kappa shape index (κ3) is 5.75. The van der Waals surface area contributed by atoms with Crippen LogP contribution in [-0.2, 0) is 19.4 Å². The number of carbonyl (C=O) groups excluding carboxylic acids is 1. The first-order chi connectivity index (χ1) is 17.5. The van der Waals surface area contributed by atoms with Crippen molar-refractivity contribution in [1.29, 1.82) is 0 Å². The van der Waals surface area contributed by atoms with Gasteiger partial charge in [-0.3, -0.25) is 14.7 Å². The first kappa shape index (κ1) is 26.6. The number of primary amides is 1. The van der Waals surface area contributed by atoms with E-state index in [0.717, 1.165) is 25.0 Å². The van der Waals surface area contributed by atoms with Crippen LogP contribution < -0.4 is 15.5 Å². The number of nitrogens with zero attached hydrogens (tertiary/aromatic N) is 4. The van der Waals surface area contributed by atoms with Crippen molar-refractivity contribution in [3.8, 4) is 11.5 Å². The van der Waals surface area contributed by atoms with E-state index in [4.69, 9.17) is 10.5 Å². The third-order valence-corrected chi connectivity index (χ3v) is 7.39. The highest BCUT2D eigenvalue weighted by Crippen LogP contribution is 2.43. The molecule has 2 aromatic carbocycles. The highest BCUT2D eigenvalue weighted by molar-refractivity contribution is 7.90. The zero-order valence-electron chi connectivity index (χ0n) is 21.2. The zero-order valence-corrected chi connectivity index (χ0v) is 22.0. The van der Waals surface area contributed by atoms with Gasteiger partial charge in [-0.05, 0) is 41.8 Å². The van der Waals surface area contributed by atoms with Crippen molar-refractivity contribution in [2.24, 2.45) is 10.8 Å². The van der Waals surface area contributed by atoms with E-state index in [1.165, 1.54) is 11.1 Å². The van der Waals surface area contributed by atoms with E-state index in [1.807, 2.05) is 38.1 Å². The molecule has 200 valence electrons. The van der Waals surface area contributed by atoms with Crippen LogP contribution in [0.1, 0.15) is 37.1 Å². The largest absolute Gasteiger partial charge is 0.508 e. The molecule has 0 spiro atoms. The summed E-state index contributed by atoms with van der Waals surface area (Å²) in [5.41, 5.74) is 8.23. The number of hydrogen-bond acceptors (Lipinski definition) is 10. The van der Waals surface area contributed by atoms with Crippen LogP contribution in [-0.4, -0.2) is 80.2 Å². The summed E-state index contributed by atoms with van der Waals surface area (Å²) in [4.78, 5) is 16.3. The summed E-state index contributed by atoms with van der Waals surface area (Å²) >= 11 is 0. The van der Waals surface area contributed by atoms with E-state index in [9.17, 15) is 23.4 Å². The van der Waals surface area contributed by atoms with E-state index < -0.39 is 21.9 Å². The van der Waals surface area contributed by atoms with E-state index in [2.05, 4.69) is 10.0 Å². The molecular formula is C25H33N5O6S. The Labute approximate surface area is 216 Å². The van der Waals surface area contributed by atoms with Crippen molar-refractivity contribution in [3.05, 3.63) is 47.5 Å². The van der Waals surface area contributed by atoms with Gasteiger partial charge in [0.05, 0.1) is 25.5 Å². The van der Waals surface area contributed by atoms with Crippen LogP contribution in [0.25, 0.3) is 0 Å². The molecule has 1 atom stereocenters. The monoisotopic (exact) mass is 531 g/mol. The molecule has 2 aromatic rings. The van der Waals surface area contributed by atoms with Gasteiger partial charge in [-0.15, -0.1) is 0 Å². The number of phenols is 2. The number of carbonyl (C=O) groups is 1. The van der Waals surface area contributed by atoms with Crippen molar-refractivity contribution < 1.29 is 28.2 Å². The standard InChI is InChI=1S/C25H33N5O6S/c1-16(2)19-14-20(22(32)15-21(19)31)25-29(10-13-37(3,34)35)27-24(23(26)33)30(25)18-6-4-17(5-7-18)28-8-11-36-12-9-28/h4-7,14-16,25,31-32H,8-13H2,1-3H3,(H2,26,33). The van der Waals surface area contributed by atoms with Gasteiger partial charge in [0.1, 0.15) is 21.3 Å². The molecule has 1 saturated heterocycles. The van der Waals surface area contributed by atoms with Gasteiger partial charge in [0.25, 0.3) is 5.91 Å². The molecule has 4 rings (SSSR count). The normalized spacial score (nSPS) is 18.4. The molecule has 2 aliphatic rings. The predicted octanol–water partition coefficient (Wildman–Crippen LogP) is 1.72. The second-order valence-corrected chi connectivity index (χ2v) is 11.8. The quantitative estimate of drug-likeness (QED) is 0.463. The number of hydrogen-bond donors (Lipinski definition) is 3. The molecule has 4 N–H and O–H groups in total. The Morgan fingerprint density at radius 3 is 2.30 bits per heavy atom. The smallest absolute Gasteiger partial charge is 0.286 e. The van der Waals surface area contributed by atoms with E-state index in [1.54, 1.807) is 11.0 Å². The second-order valence-electron chi connectivity index (χ2n) is 9.56. The molecule has 37 heavy (non-hydrogen) atoms. The number of rotatable bonds is 8. The number of sulfone groups is 1. The van der Waals surface area contributed by atoms with Crippen LogP contribution in [0, 0.1) is 0 Å². The summed E-state index contributed by atoms with van der Waals surface area (Å²) < 4.78 is 29.4. The number of ether oxygens (including phenoxy) is 1. The Balaban J connectivity index is 1.81. The van der Waals surface area contributed by atoms with Crippen LogP contribution in [0.2, 0.25) is 0 Å². The lowest BCUT2D eigenvalue weighted by Crippen LogP contribution is -2.41. The average molecular weight is 532 g/mol. The molecule has 0 radical (unpaired) electrons. The lowest BCUT2D eigenvalue weighted by molar-refractivity contribution is -0.112. The molecule has 0 aliphatic carbocycles.